The molecule has 0 aliphatic heterocycles. The smallest absolute Gasteiger partial charge is 0.345 e. The number of hydrogen-bond donors (Lipinski definition) is 1. The van der Waals surface area contributed by atoms with E-state index in [1.165, 1.54) is 0 Å². The van der Waals surface area contributed by atoms with Crippen molar-refractivity contribution in [2.24, 2.45) is 0 Å². The van der Waals surface area contributed by atoms with Crippen molar-refractivity contribution in [1.29, 1.82) is 0 Å². The first kappa shape index (κ1) is 17.4. The third-order valence-electron chi connectivity index (χ3n) is 4.03. The summed E-state index contributed by atoms with van der Waals surface area (Å²) in [7, 11) is 0. The average Bonchev–Trinajstić information content (AvgIpc) is 2.46. The molecule has 2 aromatic rings. The van der Waals surface area contributed by atoms with Gasteiger partial charge < -0.3 is 9.84 Å². The molecule has 2 rings (SSSR count). The van der Waals surface area contributed by atoms with Crippen LogP contribution >= 0.6 is 11.6 Å². The average molecular weight is 333 g/mol. The van der Waals surface area contributed by atoms with Crippen molar-refractivity contribution >= 4 is 17.6 Å². The maximum atomic E-state index is 11.6. The maximum Gasteiger partial charge on any atom is 0.345 e. The van der Waals surface area contributed by atoms with Gasteiger partial charge in [0, 0.05) is 11.4 Å². The SMILES string of the molecule is Cc1cc(C)c(C)c(O[C@@H](Cc2cc(Cl)ccc2C)C(=O)O)c1. The molecule has 2 aromatic carbocycles. The molecule has 0 heterocycles. The fourth-order valence-corrected chi connectivity index (χ4v) is 2.71. The number of hydrogen-bond acceptors (Lipinski definition) is 2. The normalized spacial score (nSPS) is 12.0. The highest BCUT2D eigenvalue weighted by Crippen LogP contribution is 2.26. The van der Waals surface area contributed by atoms with Gasteiger partial charge in [0.15, 0.2) is 6.10 Å². The largest absolute Gasteiger partial charge is 0.478 e. The summed E-state index contributed by atoms with van der Waals surface area (Å²) in [5, 5.41) is 10.1. The van der Waals surface area contributed by atoms with Crippen LogP contribution in [0.25, 0.3) is 0 Å². The van der Waals surface area contributed by atoms with Crippen molar-refractivity contribution in [2.45, 2.75) is 40.2 Å². The van der Waals surface area contributed by atoms with Crippen LogP contribution in [0.5, 0.6) is 5.75 Å². The molecule has 0 fully saturated rings. The van der Waals surface area contributed by atoms with Crippen LogP contribution in [0, 0.1) is 27.7 Å². The highest BCUT2D eigenvalue weighted by molar-refractivity contribution is 6.30. The van der Waals surface area contributed by atoms with Gasteiger partial charge in [-0.25, -0.2) is 4.79 Å². The second kappa shape index (κ2) is 7.05. The van der Waals surface area contributed by atoms with E-state index in [1.54, 1.807) is 12.1 Å². The number of carbonyl (C=O) groups is 1. The lowest BCUT2D eigenvalue weighted by Crippen LogP contribution is -2.30. The molecule has 23 heavy (non-hydrogen) atoms. The van der Waals surface area contributed by atoms with Crippen LogP contribution in [0.1, 0.15) is 27.8 Å². The molecule has 0 saturated heterocycles. The first-order valence-corrected chi connectivity index (χ1v) is 7.88. The van der Waals surface area contributed by atoms with Crippen LogP contribution < -0.4 is 4.74 Å². The van der Waals surface area contributed by atoms with E-state index in [2.05, 4.69) is 6.07 Å². The minimum absolute atomic E-state index is 0.272. The Bertz CT molecular complexity index is 738. The minimum Gasteiger partial charge on any atom is -0.478 e. The van der Waals surface area contributed by atoms with Crippen LogP contribution in [-0.2, 0) is 11.2 Å². The van der Waals surface area contributed by atoms with E-state index in [0.29, 0.717) is 10.8 Å². The number of aliphatic carboxylic acids is 1. The molecule has 0 aliphatic carbocycles. The first-order chi connectivity index (χ1) is 10.8. The van der Waals surface area contributed by atoms with Crippen LogP contribution in [0.3, 0.4) is 0 Å². The van der Waals surface area contributed by atoms with Gasteiger partial charge in [-0.2, -0.15) is 0 Å². The fourth-order valence-electron chi connectivity index (χ4n) is 2.52. The number of ether oxygens (including phenoxy) is 1. The lowest BCUT2D eigenvalue weighted by molar-refractivity contribution is -0.145. The van der Waals surface area contributed by atoms with Crippen molar-refractivity contribution in [3.63, 3.8) is 0 Å². The van der Waals surface area contributed by atoms with Crippen LogP contribution in [0.15, 0.2) is 30.3 Å². The van der Waals surface area contributed by atoms with Crippen LogP contribution in [0.4, 0.5) is 0 Å². The Morgan fingerprint density at radius 2 is 1.83 bits per heavy atom. The Labute approximate surface area is 141 Å². The number of benzene rings is 2. The zero-order chi connectivity index (χ0) is 17.1. The molecule has 1 atom stereocenters. The summed E-state index contributed by atoms with van der Waals surface area (Å²) in [5.41, 5.74) is 4.98. The topological polar surface area (TPSA) is 46.5 Å². The third-order valence-corrected chi connectivity index (χ3v) is 4.26. The number of aryl methyl sites for hydroxylation is 3. The van der Waals surface area contributed by atoms with Gasteiger partial charge >= 0.3 is 5.97 Å². The zero-order valence-corrected chi connectivity index (χ0v) is 14.6. The molecule has 0 spiro atoms. The summed E-state index contributed by atoms with van der Waals surface area (Å²) in [4.78, 5) is 11.6. The highest BCUT2D eigenvalue weighted by Gasteiger charge is 2.22. The van der Waals surface area contributed by atoms with Crippen molar-refractivity contribution in [2.75, 3.05) is 0 Å². The van der Waals surface area contributed by atoms with Crippen molar-refractivity contribution < 1.29 is 14.6 Å². The quantitative estimate of drug-likeness (QED) is 0.867. The Kier molecular flexibility index (Phi) is 5.32. The Balaban J connectivity index is 2.30. The van der Waals surface area contributed by atoms with Gasteiger partial charge in [-0.1, -0.05) is 23.7 Å². The van der Waals surface area contributed by atoms with E-state index >= 15 is 0 Å². The molecule has 122 valence electrons. The standard InChI is InChI=1S/C19H21ClO3/c1-11-7-13(3)14(4)17(8-11)23-18(19(21)22)10-15-9-16(20)6-5-12(15)2/h5-9,18H,10H2,1-4H3,(H,21,22)/t18-/m0/s1. The van der Waals surface area contributed by atoms with Gasteiger partial charge in [-0.15, -0.1) is 0 Å². The summed E-state index contributed by atoms with van der Waals surface area (Å²) in [6.45, 7) is 7.84. The highest BCUT2D eigenvalue weighted by atomic mass is 35.5. The predicted molar refractivity (Wildman–Crippen MR) is 92.6 cm³/mol. The van der Waals surface area contributed by atoms with Crippen LogP contribution in [-0.4, -0.2) is 17.2 Å². The molecule has 4 heteroatoms. The van der Waals surface area contributed by atoms with Gasteiger partial charge in [0.25, 0.3) is 0 Å². The zero-order valence-electron chi connectivity index (χ0n) is 13.8. The summed E-state index contributed by atoms with van der Waals surface area (Å²) < 4.78 is 5.82. The molecule has 0 unspecified atom stereocenters. The number of carboxylic acid groups (broad SMARTS) is 1. The number of halogens is 1. The summed E-state index contributed by atoms with van der Waals surface area (Å²) in [6.07, 6.45) is -0.680. The number of carboxylic acids is 1. The van der Waals surface area contributed by atoms with Gasteiger partial charge in [-0.3, -0.25) is 0 Å². The van der Waals surface area contributed by atoms with Crippen LogP contribution in [0.2, 0.25) is 5.02 Å². The molecule has 0 aromatic heterocycles. The molecule has 0 bridgehead atoms. The van der Waals surface area contributed by atoms with E-state index in [1.807, 2.05) is 39.8 Å². The second-order valence-corrected chi connectivity index (χ2v) is 6.36. The lowest BCUT2D eigenvalue weighted by Gasteiger charge is -2.19. The Morgan fingerprint density at radius 1 is 1.13 bits per heavy atom. The van der Waals surface area contributed by atoms with Crippen molar-refractivity contribution in [3.05, 3.63) is 63.2 Å². The minimum atomic E-state index is -0.983. The molecule has 0 amide bonds. The molecular formula is C19H21ClO3. The predicted octanol–water partition coefficient (Wildman–Crippen LogP) is 4.65. The summed E-state index contributed by atoms with van der Waals surface area (Å²) in [6, 6.07) is 9.41. The maximum absolute atomic E-state index is 11.6. The Morgan fingerprint density at radius 3 is 2.48 bits per heavy atom. The molecule has 0 aliphatic rings. The molecular weight excluding hydrogens is 312 g/mol. The van der Waals surface area contributed by atoms with Crippen molar-refractivity contribution in [1.82, 2.24) is 0 Å². The first-order valence-electron chi connectivity index (χ1n) is 7.50. The monoisotopic (exact) mass is 332 g/mol. The molecule has 3 nitrogen and oxygen atoms in total. The van der Waals surface area contributed by atoms with Crippen molar-refractivity contribution in [3.8, 4) is 5.75 Å². The second-order valence-electron chi connectivity index (χ2n) is 5.92. The third kappa shape index (κ3) is 4.26. The summed E-state index contributed by atoms with van der Waals surface area (Å²) in [5.74, 6) is -0.363. The Hall–Kier alpha value is -2.00. The number of rotatable bonds is 5. The lowest BCUT2D eigenvalue weighted by atomic mass is 10.0. The molecule has 0 radical (unpaired) electrons. The van der Waals surface area contributed by atoms with E-state index in [4.69, 9.17) is 16.3 Å². The van der Waals surface area contributed by atoms with E-state index < -0.39 is 12.1 Å². The van der Waals surface area contributed by atoms with Gasteiger partial charge in [0.05, 0.1) is 0 Å². The van der Waals surface area contributed by atoms with E-state index in [-0.39, 0.29) is 6.42 Å². The van der Waals surface area contributed by atoms with Gasteiger partial charge in [0.2, 0.25) is 0 Å². The fraction of sp³-hybridized carbons (Fsp3) is 0.316. The summed E-state index contributed by atoms with van der Waals surface area (Å²) >= 11 is 6.02. The van der Waals surface area contributed by atoms with Gasteiger partial charge in [0.1, 0.15) is 5.75 Å². The van der Waals surface area contributed by atoms with Gasteiger partial charge in [-0.05, 0) is 73.7 Å². The molecule has 0 saturated carbocycles. The van der Waals surface area contributed by atoms with E-state index in [9.17, 15) is 9.90 Å². The van der Waals surface area contributed by atoms with E-state index in [0.717, 1.165) is 27.8 Å². The molecule has 1 N–H and O–H groups in total.